The van der Waals surface area contributed by atoms with E-state index in [1.54, 1.807) is 0 Å². The quantitative estimate of drug-likeness (QED) is 0.509. The number of aryl methyl sites for hydroxylation is 1. The largest absolute Gasteiger partial charge is 0.385 e. The van der Waals surface area contributed by atoms with Crippen molar-refractivity contribution in [3.05, 3.63) is 42.8 Å². The van der Waals surface area contributed by atoms with Crippen molar-refractivity contribution >= 4 is 39.4 Å². The lowest BCUT2D eigenvalue weighted by molar-refractivity contribution is 0.1000. The second kappa shape index (κ2) is 5.95. The first-order valence-corrected chi connectivity index (χ1v) is 8.77. The lowest BCUT2D eigenvalue weighted by Crippen LogP contribution is -2.16. The van der Waals surface area contributed by atoms with Gasteiger partial charge in [0, 0.05) is 10.9 Å². The second-order valence-electron chi connectivity index (χ2n) is 5.99. The molecule has 1 amide bonds. The van der Waals surface area contributed by atoms with Crippen LogP contribution in [0.4, 0.5) is 16.5 Å². The third kappa shape index (κ3) is 2.52. The molecule has 0 aromatic carbocycles. The van der Waals surface area contributed by atoms with E-state index in [4.69, 9.17) is 11.5 Å². The number of fused-ring (bicyclic) bond motifs is 2. The van der Waals surface area contributed by atoms with Gasteiger partial charge in [-0.05, 0) is 31.2 Å². The van der Waals surface area contributed by atoms with Gasteiger partial charge in [0.15, 0.2) is 16.3 Å². The van der Waals surface area contributed by atoms with E-state index in [9.17, 15) is 14.4 Å². The van der Waals surface area contributed by atoms with Gasteiger partial charge in [0.2, 0.25) is 0 Å². The van der Waals surface area contributed by atoms with E-state index < -0.39 is 17.0 Å². The molecule has 3 aromatic heterocycles. The van der Waals surface area contributed by atoms with Crippen LogP contribution in [0.1, 0.15) is 33.6 Å². The molecular weight excluding hydrogens is 358 g/mol. The van der Waals surface area contributed by atoms with Gasteiger partial charge in [0.1, 0.15) is 5.82 Å². The van der Waals surface area contributed by atoms with Crippen LogP contribution in [0.2, 0.25) is 0 Å². The lowest BCUT2D eigenvalue weighted by atomic mass is 9.95. The number of H-pyrrole nitrogens is 2. The molecule has 0 aliphatic heterocycles. The molecule has 11 heteroatoms. The fraction of sp³-hybridized carbons (Fsp3) is 0.267. The number of anilines is 1. The zero-order valence-electron chi connectivity index (χ0n) is 13.5. The predicted molar refractivity (Wildman–Crippen MR) is 96.7 cm³/mol. The molecule has 0 saturated heterocycles. The fourth-order valence-electron chi connectivity index (χ4n) is 3.14. The van der Waals surface area contributed by atoms with Gasteiger partial charge in [-0.15, -0.1) is 21.6 Å². The van der Waals surface area contributed by atoms with Crippen molar-refractivity contribution in [1.29, 1.82) is 0 Å². The molecule has 0 radical (unpaired) electrons. The Kier molecular flexibility index (Phi) is 3.72. The molecule has 1 aliphatic rings. The van der Waals surface area contributed by atoms with Crippen molar-refractivity contribution in [3.8, 4) is 0 Å². The molecule has 4 rings (SSSR count). The summed E-state index contributed by atoms with van der Waals surface area (Å²) in [5.41, 5.74) is 11.3. The van der Waals surface area contributed by atoms with Crippen LogP contribution < -0.4 is 22.6 Å². The van der Waals surface area contributed by atoms with Gasteiger partial charge in [-0.1, -0.05) is 0 Å². The highest BCUT2D eigenvalue weighted by Gasteiger charge is 2.24. The summed E-state index contributed by atoms with van der Waals surface area (Å²) in [6.07, 6.45) is 3.69. The van der Waals surface area contributed by atoms with Crippen molar-refractivity contribution < 1.29 is 4.79 Å². The van der Waals surface area contributed by atoms with Gasteiger partial charge in [-0.25, -0.2) is 0 Å². The smallest absolute Gasteiger partial charge is 0.294 e. The molecule has 1 aliphatic carbocycles. The van der Waals surface area contributed by atoms with Crippen LogP contribution in [0, 0.1) is 0 Å². The van der Waals surface area contributed by atoms with Gasteiger partial charge in [0.05, 0.1) is 5.56 Å². The molecule has 0 spiro atoms. The summed E-state index contributed by atoms with van der Waals surface area (Å²) in [5, 5.41) is 10.8. The Morgan fingerprint density at radius 1 is 1.23 bits per heavy atom. The van der Waals surface area contributed by atoms with Crippen LogP contribution in [0.3, 0.4) is 0 Å². The summed E-state index contributed by atoms with van der Waals surface area (Å²) in [6, 6.07) is 1.14. The molecule has 0 atom stereocenters. The van der Waals surface area contributed by atoms with E-state index in [-0.39, 0.29) is 17.2 Å². The average molecular weight is 373 g/mol. The minimum absolute atomic E-state index is 0.0925. The number of carbonyl (C=O) groups excluding carboxylic acids is 1. The van der Waals surface area contributed by atoms with Crippen LogP contribution in [0.25, 0.3) is 5.65 Å². The minimum Gasteiger partial charge on any atom is -0.385 e. The summed E-state index contributed by atoms with van der Waals surface area (Å²) in [4.78, 5) is 39.7. The average Bonchev–Trinajstić information content (AvgIpc) is 3.10. The Morgan fingerprint density at radius 3 is 2.77 bits per heavy atom. The number of nitrogen functional groups attached to an aromatic ring is 1. The molecule has 0 saturated carbocycles. The lowest BCUT2D eigenvalue weighted by Gasteiger charge is -2.10. The highest BCUT2D eigenvalue weighted by molar-refractivity contribution is 7.16. The number of nitrogens with one attached hydrogen (secondary N) is 2. The van der Waals surface area contributed by atoms with E-state index in [0.29, 0.717) is 10.6 Å². The molecule has 6 N–H and O–H groups in total. The summed E-state index contributed by atoms with van der Waals surface area (Å²) in [5.74, 6) is -0.471. The number of aromatic nitrogens is 3. The predicted octanol–water partition coefficient (Wildman–Crippen LogP) is 1.35. The molecule has 0 unspecified atom stereocenters. The number of amides is 1. The highest BCUT2D eigenvalue weighted by atomic mass is 32.1. The number of aromatic amines is 2. The number of hydrogen-bond acceptors (Lipinski definition) is 7. The van der Waals surface area contributed by atoms with E-state index in [2.05, 4.69) is 20.3 Å². The number of nitrogens with zero attached hydrogens (tertiary/aromatic N) is 3. The Balaban J connectivity index is 1.85. The van der Waals surface area contributed by atoms with Gasteiger partial charge < -0.3 is 16.5 Å². The zero-order chi connectivity index (χ0) is 18.4. The number of thiophene rings is 1. The number of azo groups is 1. The van der Waals surface area contributed by atoms with Gasteiger partial charge in [-0.3, -0.25) is 19.5 Å². The molecule has 134 valence electrons. The van der Waals surface area contributed by atoms with Crippen molar-refractivity contribution in [2.45, 2.75) is 25.7 Å². The Morgan fingerprint density at radius 2 is 2.00 bits per heavy atom. The molecule has 0 fully saturated rings. The van der Waals surface area contributed by atoms with Gasteiger partial charge in [-0.2, -0.15) is 4.52 Å². The molecule has 3 aromatic rings. The van der Waals surface area contributed by atoms with Gasteiger partial charge >= 0.3 is 0 Å². The number of primary amides is 1. The maximum atomic E-state index is 12.1. The number of hydrogen-bond donors (Lipinski definition) is 4. The summed E-state index contributed by atoms with van der Waals surface area (Å²) >= 11 is 1.35. The first kappa shape index (κ1) is 16.3. The number of nitrogens with two attached hydrogens (primary N) is 2. The normalized spacial score (nSPS) is 14.2. The second-order valence-corrected chi connectivity index (χ2v) is 7.08. The summed E-state index contributed by atoms with van der Waals surface area (Å²) in [7, 11) is 0. The van der Waals surface area contributed by atoms with Crippen molar-refractivity contribution in [2.75, 3.05) is 5.73 Å². The summed E-state index contributed by atoms with van der Waals surface area (Å²) in [6.45, 7) is 0. The Labute approximate surface area is 149 Å². The van der Waals surface area contributed by atoms with E-state index in [0.717, 1.165) is 46.7 Å². The SMILES string of the molecule is NC(=O)c1c(N=Nc2c(=O)[nH]n3c(=O)cc(N)[nH]c23)sc2c1CCCC2. The first-order chi connectivity index (χ1) is 12.5. The maximum Gasteiger partial charge on any atom is 0.294 e. The third-order valence-electron chi connectivity index (χ3n) is 4.28. The van der Waals surface area contributed by atoms with Crippen LogP contribution in [0.5, 0.6) is 0 Å². The van der Waals surface area contributed by atoms with E-state index in [1.165, 1.54) is 11.3 Å². The van der Waals surface area contributed by atoms with Crippen molar-refractivity contribution in [3.63, 3.8) is 0 Å². The topological polar surface area (TPSA) is 164 Å². The van der Waals surface area contributed by atoms with Crippen molar-refractivity contribution in [1.82, 2.24) is 14.6 Å². The monoisotopic (exact) mass is 373 g/mol. The molecule has 26 heavy (non-hydrogen) atoms. The Hall–Kier alpha value is -3.21. The van der Waals surface area contributed by atoms with E-state index >= 15 is 0 Å². The van der Waals surface area contributed by atoms with E-state index in [1.807, 2.05) is 0 Å². The third-order valence-corrected chi connectivity index (χ3v) is 5.45. The highest BCUT2D eigenvalue weighted by Crippen LogP contribution is 2.40. The maximum absolute atomic E-state index is 12.1. The number of carbonyl (C=O) groups is 1. The molecule has 10 nitrogen and oxygen atoms in total. The standard InChI is InChI=1S/C15H15N7O3S/c16-8-5-9(23)22-13(18-8)11(14(25)21-22)19-20-15-10(12(17)24)6-3-1-2-4-7(6)26-15/h5,18H,1-4,16H2,(H2,17,24)(H,21,25). The Bertz CT molecular complexity index is 1180. The van der Waals surface area contributed by atoms with Crippen molar-refractivity contribution in [2.24, 2.45) is 16.0 Å². The molecule has 0 bridgehead atoms. The first-order valence-electron chi connectivity index (χ1n) is 7.95. The molecule has 3 heterocycles. The van der Waals surface area contributed by atoms with Crippen LogP contribution in [-0.4, -0.2) is 20.5 Å². The fourth-order valence-corrected chi connectivity index (χ4v) is 4.35. The molecular formula is C15H15N7O3S. The van der Waals surface area contributed by atoms with Crippen LogP contribution >= 0.6 is 11.3 Å². The summed E-state index contributed by atoms with van der Waals surface area (Å²) < 4.78 is 1.00. The number of rotatable bonds is 3. The van der Waals surface area contributed by atoms with Crippen LogP contribution in [-0.2, 0) is 12.8 Å². The van der Waals surface area contributed by atoms with Crippen LogP contribution in [0.15, 0.2) is 25.9 Å². The zero-order valence-corrected chi connectivity index (χ0v) is 14.4. The van der Waals surface area contributed by atoms with Gasteiger partial charge in [0.25, 0.3) is 17.0 Å². The minimum atomic E-state index is -0.602.